The number of hydrogen-bond donors (Lipinski definition) is 1. The van der Waals surface area contributed by atoms with Crippen molar-refractivity contribution < 1.29 is 9.32 Å². The first kappa shape index (κ1) is 14.1. The zero-order valence-electron chi connectivity index (χ0n) is 12.4. The second-order valence-electron chi connectivity index (χ2n) is 5.49. The fourth-order valence-corrected chi connectivity index (χ4v) is 3.73. The highest BCUT2D eigenvalue weighted by Crippen LogP contribution is 2.30. The maximum absolute atomic E-state index is 12.3. The molecule has 0 bridgehead atoms. The van der Waals surface area contributed by atoms with Crippen molar-refractivity contribution in [3.8, 4) is 11.3 Å². The van der Waals surface area contributed by atoms with E-state index in [-0.39, 0.29) is 11.6 Å². The monoisotopic (exact) mass is 325 g/mol. The molecule has 0 fully saturated rings. The standard InChI is InChI=1S/C17H15N3O2S/c21-16(19-17-18-12-8-4-5-9-15(12)23-17)13-10-14(22-20-13)11-6-2-1-3-7-11/h1-3,6-7,10H,4-5,8-9H2,(H,18,19,21). The van der Waals surface area contributed by atoms with Gasteiger partial charge in [0.15, 0.2) is 16.6 Å². The number of hydrogen-bond acceptors (Lipinski definition) is 5. The summed E-state index contributed by atoms with van der Waals surface area (Å²) in [5, 5.41) is 7.33. The Bertz CT molecular complexity index is 815. The summed E-state index contributed by atoms with van der Waals surface area (Å²) in [4.78, 5) is 18.1. The van der Waals surface area contributed by atoms with Crippen LogP contribution in [0.2, 0.25) is 0 Å². The molecule has 1 amide bonds. The number of rotatable bonds is 3. The normalized spacial score (nSPS) is 13.6. The number of carbonyl (C=O) groups is 1. The lowest BCUT2D eigenvalue weighted by Gasteiger charge is -2.06. The molecule has 3 aromatic rings. The van der Waals surface area contributed by atoms with E-state index in [9.17, 15) is 4.79 Å². The zero-order chi connectivity index (χ0) is 15.6. The Hall–Kier alpha value is -2.47. The highest BCUT2D eigenvalue weighted by molar-refractivity contribution is 7.15. The van der Waals surface area contributed by atoms with E-state index in [0.717, 1.165) is 24.1 Å². The third kappa shape index (κ3) is 2.90. The Kier molecular flexibility index (Phi) is 3.67. The van der Waals surface area contributed by atoms with Crippen molar-refractivity contribution in [1.82, 2.24) is 10.1 Å². The minimum atomic E-state index is -0.290. The average molecular weight is 325 g/mol. The summed E-state index contributed by atoms with van der Waals surface area (Å²) >= 11 is 1.56. The summed E-state index contributed by atoms with van der Waals surface area (Å²) < 4.78 is 5.26. The number of nitrogens with zero attached hydrogens (tertiary/aromatic N) is 2. The predicted molar refractivity (Wildman–Crippen MR) is 88.6 cm³/mol. The van der Waals surface area contributed by atoms with Crippen molar-refractivity contribution in [2.45, 2.75) is 25.7 Å². The molecule has 4 rings (SSSR count). The second-order valence-corrected chi connectivity index (χ2v) is 6.58. The van der Waals surface area contributed by atoms with Gasteiger partial charge in [0.05, 0.1) is 5.69 Å². The number of aryl methyl sites for hydroxylation is 2. The molecule has 5 nitrogen and oxygen atoms in total. The SMILES string of the molecule is O=C(Nc1nc2c(s1)CCCC2)c1cc(-c2ccccc2)on1. The van der Waals surface area contributed by atoms with Gasteiger partial charge < -0.3 is 4.52 Å². The predicted octanol–water partition coefficient (Wildman–Crippen LogP) is 3.93. The molecule has 116 valence electrons. The Morgan fingerprint density at radius 3 is 2.83 bits per heavy atom. The molecule has 1 aromatic carbocycles. The lowest BCUT2D eigenvalue weighted by Crippen LogP contribution is -2.12. The summed E-state index contributed by atoms with van der Waals surface area (Å²) in [6, 6.07) is 11.2. The topological polar surface area (TPSA) is 68.0 Å². The smallest absolute Gasteiger partial charge is 0.279 e. The number of aromatic nitrogens is 2. The first-order valence-corrected chi connectivity index (χ1v) is 8.43. The second kappa shape index (κ2) is 5.96. The van der Waals surface area contributed by atoms with E-state index < -0.39 is 0 Å². The number of nitrogens with one attached hydrogen (secondary N) is 1. The van der Waals surface area contributed by atoms with E-state index in [1.807, 2.05) is 30.3 Å². The van der Waals surface area contributed by atoms with E-state index in [4.69, 9.17) is 4.52 Å². The minimum Gasteiger partial charge on any atom is -0.355 e. The quantitative estimate of drug-likeness (QED) is 0.792. The Morgan fingerprint density at radius 2 is 2.00 bits per heavy atom. The minimum absolute atomic E-state index is 0.261. The highest BCUT2D eigenvalue weighted by Gasteiger charge is 2.19. The molecule has 0 saturated carbocycles. The van der Waals surface area contributed by atoms with Crippen molar-refractivity contribution in [2.75, 3.05) is 5.32 Å². The van der Waals surface area contributed by atoms with Crippen molar-refractivity contribution in [3.05, 3.63) is 52.7 Å². The van der Waals surface area contributed by atoms with Gasteiger partial charge in [0, 0.05) is 16.5 Å². The van der Waals surface area contributed by atoms with E-state index in [1.165, 1.54) is 17.7 Å². The third-order valence-corrected chi connectivity index (χ3v) is 4.94. The van der Waals surface area contributed by atoms with Gasteiger partial charge in [-0.2, -0.15) is 0 Å². The van der Waals surface area contributed by atoms with Crippen molar-refractivity contribution in [3.63, 3.8) is 0 Å². The third-order valence-electron chi connectivity index (χ3n) is 3.87. The Balaban J connectivity index is 1.51. The Labute approximate surface area is 137 Å². The molecule has 0 saturated heterocycles. The molecule has 0 aliphatic heterocycles. The molecular weight excluding hydrogens is 310 g/mol. The average Bonchev–Trinajstić information content (AvgIpc) is 3.22. The van der Waals surface area contributed by atoms with Crippen LogP contribution in [-0.4, -0.2) is 16.0 Å². The molecule has 0 radical (unpaired) electrons. The van der Waals surface area contributed by atoms with Gasteiger partial charge >= 0.3 is 0 Å². The van der Waals surface area contributed by atoms with Crippen molar-refractivity contribution in [2.24, 2.45) is 0 Å². The molecule has 1 aliphatic rings. The number of carbonyl (C=O) groups excluding carboxylic acids is 1. The van der Waals surface area contributed by atoms with Crippen LogP contribution in [-0.2, 0) is 12.8 Å². The van der Waals surface area contributed by atoms with Gasteiger partial charge in [-0.1, -0.05) is 35.5 Å². The Morgan fingerprint density at radius 1 is 1.17 bits per heavy atom. The van der Waals surface area contributed by atoms with E-state index in [0.29, 0.717) is 10.9 Å². The maximum Gasteiger partial charge on any atom is 0.279 e. The number of benzene rings is 1. The van der Waals surface area contributed by atoms with Crippen LogP contribution >= 0.6 is 11.3 Å². The van der Waals surface area contributed by atoms with Crippen LogP contribution in [0.15, 0.2) is 40.9 Å². The molecular formula is C17H15N3O2S. The first-order chi connectivity index (χ1) is 11.3. The van der Waals surface area contributed by atoms with Gasteiger partial charge in [0.2, 0.25) is 0 Å². The van der Waals surface area contributed by atoms with Gasteiger partial charge in [0.25, 0.3) is 5.91 Å². The highest BCUT2D eigenvalue weighted by atomic mass is 32.1. The van der Waals surface area contributed by atoms with Gasteiger partial charge in [-0.05, 0) is 25.7 Å². The van der Waals surface area contributed by atoms with Crippen LogP contribution in [0.4, 0.5) is 5.13 Å². The molecule has 0 atom stereocenters. The van der Waals surface area contributed by atoms with Crippen LogP contribution in [0.3, 0.4) is 0 Å². The molecule has 2 heterocycles. The van der Waals surface area contributed by atoms with Crippen LogP contribution in [0.5, 0.6) is 0 Å². The van der Waals surface area contributed by atoms with Gasteiger partial charge in [-0.15, -0.1) is 11.3 Å². The van der Waals surface area contributed by atoms with Crippen LogP contribution in [0.1, 0.15) is 33.9 Å². The summed E-state index contributed by atoms with van der Waals surface area (Å²) in [5.74, 6) is 0.288. The van der Waals surface area contributed by atoms with Gasteiger partial charge in [0.1, 0.15) is 0 Å². The van der Waals surface area contributed by atoms with Gasteiger partial charge in [-0.25, -0.2) is 4.98 Å². The number of amides is 1. The van der Waals surface area contributed by atoms with E-state index in [2.05, 4.69) is 15.5 Å². The summed E-state index contributed by atoms with van der Waals surface area (Å²) in [6.45, 7) is 0. The largest absolute Gasteiger partial charge is 0.355 e. The zero-order valence-corrected chi connectivity index (χ0v) is 13.2. The van der Waals surface area contributed by atoms with Crippen molar-refractivity contribution >= 4 is 22.4 Å². The fourth-order valence-electron chi connectivity index (χ4n) is 2.69. The molecule has 1 aliphatic carbocycles. The summed E-state index contributed by atoms with van der Waals surface area (Å²) in [7, 11) is 0. The molecule has 0 unspecified atom stereocenters. The fraction of sp³-hybridized carbons (Fsp3) is 0.235. The molecule has 23 heavy (non-hydrogen) atoms. The van der Waals surface area contributed by atoms with Crippen LogP contribution in [0, 0.1) is 0 Å². The molecule has 2 aromatic heterocycles. The summed E-state index contributed by atoms with van der Waals surface area (Å²) in [5.41, 5.74) is 2.28. The van der Waals surface area contributed by atoms with E-state index >= 15 is 0 Å². The maximum atomic E-state index is 12.3. The van der Waals surface area contributed by atoms with E-state index in [1.54, 1.807) is 17.4 Å². The number of fused-ring (bicyclic) bond motifs is 1. The summed E-state index contributed by atoms with van der Waals surface area (Å²) in [6.07, 6.45) is 4.44. The van der Waals surface area contributed by atoms with Crippen molar-refractivity contribution in [1.29, 1.82) is 0 Å². The first-order valence-electron chi connectivity index (χ1n) is 7.62. The van der Waals surface area contributed by atoms with Crippen LogP contribution in [0.25, 0.3) is 11.3 Å². The number of anilines is 1. The lowest BCUT2D eigenvalue weighted by molar-refractivity contribution is 0.101. The van der Waals surface area contributed by atoms with Crippen LogP contribution < -0.4 is 5.32 Å². The number of thiazole rings is 1. The van der Waals surface area contributed by atoms with Gasteiger partial charge in [-0.3, -0.25) is 10.1 Å². The molecule has 0 spiro atoms. The lowest BCUT2D eigenvalue weighted by atomic mass is 10.0. The molecule has 6 heteroatoms. The molecule has 1 N–H and O–H groups in total.